The van der Waals surface area contributed by atoms with E-state index in [0.717, 1.165) is 5.69 Å². The fraction of sp³-hybridized carbons (Fsp3) is 0.444. The number of ketones is 6. The quantitative estimate of drug-likeness (QED) is 0.0969. The van der Waals surface area contributed by atoms with Gasteiger partial charge in [0.1, 0.15) is 68.5 Å². The van der Waals surface area contributed by atoms with Crippen LogP contribution in [0.15, 0.2) is 87.1 Å². The highest BCUT2D eigenvalue weighted by molar-refractivity contribution is 6.27. The van der Waals surface area contributed by atoms with Gasteiger partial charge in [-0.15, -0.1) is 0 Å². The van der Waals surface area contributed by atoms with Gasteiger partial charge < -0.3 is 98.7 Å². The number of benzene rings is 3. The minimum atomic E-state index is -2.89. The van der Waals surface area contributed by atoms with Crippen molar-refractivity contribution in [3.05, 3.63) is 120 Å². The minimum absolute atomic E-state index is 0.00624. The van der Waals surface area contributed by atoms with Crippen molar-refractivity contribution in [3.63, 3.8) is 0 Å². The van der Waals surface area contributed by atoms with E-state index >= 15 is 0 Å². The molecule has 0 spiro atoms. The van der Waals surface area contributed by atoms with Crippen molar-refractivity contribution in [2.75, 3.05) is 85.6 Å². The molecule has 0 radical (unpaired) electrons. The lowest BCUT2D eigenvalue weighted by Crippen LogP contribution is -2.70. The van der Waals surface area contributed by atoms with Crippen LogP contribution >= 0.6 is 0 Å². The van der Waals surface area contributed by atoms with Crippen LogP contribution in [0.5, 0.6) is 17.2 Å². The number of hydrogen-bond acceptors (Lipinski definition) is 28. The lowest BCUT2D eigenvalue weighted by atomic mass is 9.54. The van der Waals surface area contributed by atoms with E-state index in [4.69, 9.17) is 17.2 Å². The number of phenols is 3. The normalized spacial score (nSPS) is 30.4. The van der Waals surface area contributed by atoms with Gasteiger partial charge in [-0.3, -0.25) is 62.6 Å². The van der Waals surface area contributed by atoms with Gasteiger partial charge in [-0.05, 0) is 126 Å². The maximum absolute atomic E-state index is 13.9. The van der Waals surface area contributed by atoms with Crippen LogP contribution in [0.4, 0.5) is 17.1 Å². The van der Waals surface area contributed by atoms with Crippen LogP contribution in [0.2, 0.25) is 0 Å². The molecule has 3 aromatic carbocycles. The van der Waals surface area contributed by atoms with Crippen LogP contribution in [0, 0.1) is 35.5 Å². The number of aromatic hydroxyl groups is 3. The number of nitrogens with one attached hydrogen (secondary N) is 1. The molecule has 9 aliphatic rings. The molecule has 32 heteroatoms. The lowest BCUT2D eigenvalue weighted by Gasteiger charge is -2.53. The Morgan fingerprint density at radius 1 is 0.538 bits per heavy atom. The summed E-state index contributed by atoms with van der Waals surface area (Å²) in [6, 6.07) is 5.56. The summed E-state index contributed by atoms with van der Waals surface area (Å²) < 4.78 is 0. The number of amides is 4. The second kappa shape index (κ2) is 26.3. The number of nitrogens with two attached hydrogens (primary N) is 3. The van der Waals surface area contributed by atoms with Gasteiger partial charge in [-0.2, -0.15) is 0 Å². The van der Waals surface area contributed by atoms with E-state index in [1.807, 2.05) is 25.9 Å². The van der Waals surface area contributed by atoms with Gasteiger partial charge >= 0.3 is 0 Å². The Balaban J connectivity index is 0.000000168. The molecule has 20 N–H and O–H groups in total. The van der Waals surface area contributed by atoms with Crippen molar-refractivity contribution in [1.82, 2.24) is 14.7 Å². The third kappa shape index (κ3) is 10.7. The number of carbonyl (C=O) groups excluding carboxylic acids is 10. The number of fused-ring (bicyclic) bond motifs is 9. The number of phenolic OH excluding ortho intramolecular Hbond substituents is 3. The molecule has 104 heavy (non-hydrogen) atoms. The maximum atomic E-state index is 13.9. The van der Waals surface area contributed by atoms with Crippen LogP contribution in [0.25, 0.3) is 17.3 Å². The summed E-state index contributed by atoms with van der Waals surface area (Å²) >= 11 is 0. The van der Waals surface area contributed by atoms with E-state index in [1.54, 1.807) is 85.3 Å². The first-order valence-electron chi connectivity index (χ1n) is 33.1. The number of rotatable bonds is 10. The maximum Gasteiger partial charge on any atom is 0.255 e. The fourth-order valence-corrected chi connectivity index (χ4v) is 17.6. The molecule has 3 saturated carbocycles. The van der Waals surface area contributed by atoms with E-state index in [9.17, 15) is 114 Å². The molecule has 15 atom stereocenters. The number of likely N-dealkylation sites (N-methyl/N-ethyl adjacent to an activating group) is 3. The van der Waals surface area contributed by atoms with Gasteiger partial charge in [0, 0.05) is 80.5 Å². The SMILES string of the molecule is CCC(=O)Nc1cc(N(C)C)c2c(c1O)C(O)=C1C(=O)[C@]3(O)C(O)=C(C(N)=O)C(=O)[C@@H](N(C)C)[C@@H]3C[C@@H]1C2.C[C@H]1c2c(N(C)C)ccc(O)c2C(O)=C2C(=O)[C@]3(O)C(O)=C(C(N)=O)C(=O)[C@@H](N(C)C)[C@@H]3C[C@@H]21.C[C@H]1c2cccc(O)c2C(O)=C2C(=O)[C@]3(O)C(O)=C(C(N)=O)C(=O)[C@@H](N(C)C)[C@@H]3[C@@H](O)[C@@H]21. The molecule has 0 bridgehead atoms. The van der Waals surface area contributed by atoms with E-state index in [1.165, 1.54) is 40.9 Å². The molecule has 0 aliphatic heterocycles. The van der Waals surface area contributed by atoms with Crippen molar-refractivity contribution in [1.29, 1.82) is 0 Å². The molecule has 0 aromatic heterocycles. The number of hydrogen-bond donors (Lipinski definition) is 17. The average molecular weight is 1440 g/mol. The molecule has 9 aliphatic carbocycles. The molecule has 556 valence electrons. The third-order valence-electron chi connectivity index (χ3n) is 22.3. The minimum Gasteiger partial charge on any atom is -0.508 e. The molecular formula is C72H85N9O23. The van der Waals surface area contributed by atoms with Crippen molar-refractivity contribution in [3.8, 4) is 17.2 Å². The summed E-state index contributed by atoms with van der Waals surface area (Å²) in [4.78, 5) is 137. The monoisotopic (exact) mass is 1440 g/mol. The summed E-state index contributed by atoms with van der Waals surface area (Å²) in [7, 11) is 16.3. The number of primary amides is 3. The Labute approximate surface area is 594 Å². The lowest BCUT2D eigenvalue weighted by molar-refractivity contribution is -0.169. The zero-order valence-electron chi connectivity index (χ0n) is 59.1. The van der Waals surface area contributed by atoms with E-state index in [0.29, 0.717) is 22.4 Å². The Morgan fingerprint density at radius 3 is 1.46 bits per heavy atom. The molecule has 0 saturated heterocycles. The number of nitrogens with zero attached hydrogens (tertiary/aromatic N) is 5. The van der Waals surface area contributed by atoms with E-state index in [-0.39, 0.29) is 82.5 Å². The molecule has 3 fully saturated rings. The van der Waals surface area contributed by atoms with Crippen LogP contribution in [-0.2, 0) is 54.4 Å². The van der Waals surface area contributed by atoms with Crippen molar-refractivity contribution in [2.45, 2.75) is 99.3 Å². The second-order valence-corrected chi connectivity index (χ2v) is 28.9. The first-order chi connectivity index (χ1) is 48.3. The molecule has 0 heterocycles. The third-order valence-corrected chi connectivity index (χ3v) is 22.3. The zero-order chi connectivity index (χ0) is 77.7. The first-order valence-corrected chi connectivity index (χ1v) is 33.1. The highest BCUT2D eigenvalue weighted by atomic mass is 16.4. The van der Waals surface area contributed by atoms with E-state index < -0.39 is 197 Å². The standard InChI is InChI=1S/C26H32N4O8.C24H29N3O7.C22H24N2O8/c1-6-15(31)28-13-9-14(29(2)3)11-7-10-8-12-19(30(4)5)22(34)18(25(27)37)24(36)26(12,38)23(35)16(10)21(33)17(11)20(13)32;1-9-10-8-11-18(27(4)5)20(30)17(23(25)33)22(32)24(11,34)21(31)15(10)19(29)16-13(28)7-6-12(14(9)16)26(2)3;1-7-8-5-4-6-9(25)11(8)16(26)12-10(7)17(27)14-15(24(2)3)18(28)13(21(23)31)20(30)22(14,32)19(12)29/h9-10,12,19,32-33,36,38H,6-8H2,1-5H3,(H2,27,37)(H,28,31);6-7,9-11,18,28-29,32,34H,8H2,1-5H3,(H2,25,33);4-7,10,14-15,17,25-27,30,32H,1-3H3,(H2,23,31)/t10-,12-,19-,26-;9-,10-,11+,18+,24+;7-,10+,14+,15-,17-,22-/m010/s1. The zero-order valence-corrected chi connectivity index (χ0v) is 59.1. The van der Waals surface area contributed by atoms with Gasteiger partial charge in [0.2, 0.25) is 23.3 Å². The van der Waals surface area contributed by atoms with Gasteiger partial charge in [0.15, 0.2) is 34.2 Å². The Kier molecular flexibility index (Phi) is 19.3. The Hall–Kier alpha value is -10.5. The highest BCUT2D eigenvalue weighted by Gasteiger charge is 2.70. The summed E-state index contributed by atoms with van der Waals surface area (Å²) in [5.41, 5.74) is 7.15. The number of Topliss-reactive ketones (excluding diaryl/α,β-unsaturated/α-hetero) is 6. The molecule has 32 nitrogen and oxygen atoms in total. The van der Waals surface area contributed by atoms with E-state index in [2.05, 4.69) is 5.32 Å². The van der Waals surface area contributed by atoms with Crippen LogP contribution in [0.1, 0.15) is 85.3 Å². The highest BCUT2D eigenvalue weighted by Crippen LogP contribution is 2.60. The number of carbonyl (C=O) groups is 10. The predicted octanol–water partition coefficient (Wildman–Crippen LogP) is 0.465. The molecule has 4 amide bonds. The summed E-state index contributed by atoms with van der Waals surface area (Å²) in [6.07, 6.45) is -1.26. The molecule has 3 aromatic rings. The number of anilines is 3. The smallest absolute Gasteiger partial charge is 0.255 e. The average Bonchev–Trinajstić information content (AvgIpc) is 0.726. The van der Waals surface area contributed by atoms with Gasteiger partial charge in [0.05, 0.1) is 52.5 Å². The van der Waals surface area contributed by atoms with Gasteiger partial charge in [0.25, 0.3) is 17.7 Å². The summed E-state index contributed by atoms with van der Waals surface area (Å²) in [5, 5.41) is 147. The predicted molar refractivity (Wildman–Crippen MR) is 371 cm³/mol. The Bertz CT molecular complexity index is 4580. The Morgan fingerprint density at radius 2 is 0.981 bits per heavy atom. The molecule has 0 unspecified atom stereocenters. The molecular weight excluding hydrogens is 1360 g/mol. The van der Waals surface area contributed by atoms with Crippen molar-refractivity contribution < 1.29 is 114 Å². The first kappa shape index (κ1) is 76.2. The van der Waals surface area contributed by atoms with Crippen molar-refractivity contribution >= 4 is 92.7 Å². The van der Waals surface area contributed by atoms with Crippen LogP contribution in [-0.4, -0.2) is 251 Å². The summed E-state index contributed by atoms with van der Waals surface area (Å²) in [5.74, 6) is -23.5. The van der Waals surface area contributed by atoms with Crippen LogP contribution in [0.3, 0.4) is 0 Å². The number of aliphatic hydroxyl groups excluding tert-OH is 7. The second-order valence-electron chi connectivity index (χ2n) is 28.9. The fourth-order valence-electron chi connectivity index (χ4n) is 17.6. The molecule has 12 rings (SSSR count). The largest absolute Gasteiger partial charge is 0.508 e. The van der Waals surface area contributed by atoms with Gasteiger partial charge in [-0.1, -0.05) is 32.9 Å². The number of aliphatic hydroxyl groups is 10. The topological polar surface area (TPSA) is 540 Å². The van der Waals surface area contributed by atoms with Crippen molar-refractivity contribution in [2.24, 2.45) is 52.7 Å². The van der Waals surface area contributed by atoms with Crippen LogP contribution < -0.4 is 32.3 Å². The van der Waals surface area contributed by atoms with Gasteiger partial charge in [-0.25, -0.2) is 0 Å². The summed E-state index contributed by atoms with van der Waals surface area (Å²) in [6.45, 7) is 5.16.